The molecule has 0 unspecified atom stereocenters. The number of carbonyl (C=O) groups excluding carboxylic acids is 1. The molecule has 0 fully saturated rings. The molecule has 2 aromatic rings. The highest BCUT2D eigenvalue weighted by molar-refractivity contribution is 6.17. The first-order valence-corrected chi connectivity index (χ1v) is 6.62. The molecule has 1 heterocycles. The van der Waals surface area contributed by atoms with Gasteiger partial charge >= 0.3 is 0 Å². The first-order valence-electron chi connectivity index (χ1n) is 6.09. The number of hydrogen-bond donors (Lipinski definition) is 1. The summed E-state index contributed by atoms with van der Waals surface area (Å²) in [5.41, 5.74) is 2.02. The summed E-state index contributed by atoms with van der Waals surface area (Å²) in [5, 5.41) is 4.00. The van der Waals surface area contributed by atoms with Gasteiger partial charge in [-0.05, 0) is 24.5 Å². The van der Waals surface area contributed by atoms with Crippen molar-refractivity contribution in [1.82, 2.24) is 5.32 Å². The Labute approximate surface area is 111 Å². The Kier molecular flexibility index (Phi) is 4.65. The van der Waals surface area contributed by atoms with Crippen molar-refractivity contribution in [1.29, 1.82) is 0 Å². The van der Waals surface area contributed by atoms with Crippen LogP contribution in [0, 0.1) is 0 Å². The monoisotopic (exact) mass is 265 g/mol. The van der Waals surface area contributed by atoms with E-state index < -0.39 is 0 Å². The van der Waals surface area contributed by atoms with Crippen molar-refractivity contribution in [2.75, 3.05) is 12.4 Å². The number of hydrogen-bond acceptors (Lipinski definition) is 2. The van der Waals surface area contributed by atoms with Gasteiger partial charge in [-0.3, -0.25) is 4.79 Å². The molecule has 0 saturated heterocycles. The summed E-state index contributed by atoms with van der Waals surface area (Å²) in [6, 6.07) is 7.91. The van der Waals surface area contributed by atoms with Crippen molar-refractivity contribution in [3.05, 3.63) is 36.1 Å². The first kappa shape index (κ1) is 13.0. The van der Waals surface area contributed by atoms with Crippen molar-refractivity contribution in [3.63, 3.8) is 0 Å². The van der Waals surface area contributed by atoms with Crippen molar-refractivity contribution in [2.45, 2.75) is 19.3 Å². The lowest BCUT2D eigenvalue weighted by Gasteiger charge is -2.03. The van der Waals surface area contributed by atoms with E-state index in [0.29, 0.717) is 18.8 Å². The van der Waals surface area contributed by atoms with Gasteiger partial charge in [0.2, 0.25) is 5.91 Å². The molecule has 0 aliphatic heterocycles. The number of halogens is 1. The molecule has 1 aromatic carbocycles. The predicted molar refractivity (Wildman–Crippen MR) is 72.9 cm³/mol. The Morgan fingerprint density at radius 1 is 1.33 bits per heavy atom. The molecule has 1 amide bonds. The van der Waals surface area contributed by atoms with E-state index in [4.69, 9.17) is 16.0 Å². The van der Waals surface area contributed by atoms with Crippen molar-refractivity contribution in [3.8, 4) is 0 Å². The average molecular weight is 266 g/mol. The Bertz CT molecular complexity index is 521. The molecule has 0 bridgehead atoms. The molecular formula is C14H16ClNO2. The van der Waals surface area contributed by atoms with E-state index in [0.717, 1.165) is 29.4 Å². The topological polar surface area (TPSA) is 42.2 Å². The summed E-state index contributed by atoms with van der Waals surface area (Å²) < 4.78 is 5.44. The van der Waals surface area contributed by atoms with Crippen LogP contribution in [0.1, 0.15) is 18.4 Å². The lowest BCUT2D eigenvalue weighted by Crippen LogP contribution is -2.25. The number of fused-ring (bicyclic) bond motifs is 1. The smallest absolute Gasteiger partial charge is 0.220 e. The van der Waals surface area contributed by atoms with E-state index >= 15 is 0 Å². The van der Waals surface area contributed by atoms with Crippen molar-refractivity contribution < 1.29 is 9.21 Å². The van der Waals surface area contributed by atoms with Crippen LogP contribution >= 0.6 is 11.6 Å². The maximum Gasteiger partial charge on any atom is 0.220 e. The largest absolute Gasteiger partial charge is 0.464 e. The first-order chi connectivity index (χ1) is 8.81. The standard InChI is InChI=1S/C14H16ClNO2/c15-8-3-6-14(17)16-9-7-11-10-18-13-5-2-1-4-12(11)13/h1-2,4-5,10H,3,6-9H2,(H,16,17). The number of nitrogens with one attached hydrogen (secondary N) is 1. The molecule has 1 aromatic heterocycles. The van der Waals surface area contributed by atoms with Gasteiger partial charge in [0.05, 0.1) is 6.26 Å². The van der Waals surface area contributed by atoms with Crippen LogP contribution in [-0.4, -0.2) is 18.3 Å². The third kappa shape index (κ3) is 3.26. The Hall–Kier alpha value is -1.48. The number of rotatable bonds is 6. The molecule has 0 radical (unpaired) electrons. The third-order valence-corrected chi connectivity index (χ3v) is 3.08. The fraction of sp³-hybridized carbons (Fsp3) is 0.357. The normalized spacial score (nSPS) is 10.7. The molecule has 0 aliphatic carbocycles. The van der Waals surface area contributed by atoms with E-state index in [2.05, 4.69) is 5.32 Å². The third-order valence-electron chi connectivity index (χ3n) is 2.82. The van der Waals surface area contributed by atoms with E-state index in [9.17, 15) is 4.79 Å². The molecular weight excluding hydrogens is 250 g/mol. The van der Waals surface area contributed by atoms with Crippen molar-refractivity contribution >= 4 is 28.5 Å². The van der Waals surface area contributed by atoms with Gasteiger partial charge in [-0.2, -0.15) is 0 Å². The molecule has 0 atom stereocenters. The molecule has 96 valence electrons. The summed E-state index contributed by atoms with van der Waals surface area (Å²) in [6.45, 7) is 0.630. The maximum absolute atomic E-state index is 11.4. The highest BCUT2D eigenvalue weighted by Gasteiger charge is 2.05. The van der Waals surface area contributed by atoms with Gasteiger partial charge in [-0.25, -0.2) is 0 Å². The predicted octanol–water partition coefficient (Wildman–Crippen LogP) is 3.11. The van der Waals surface area contributed by atoms with Gasteiger partial charge in [0, 0.05) is 24.2 Å². The Morgan fingerprint density at radius 2 is 2.17 bits per heavy atom. The second kappa shape index (κ2) is 6.45. The van der Waals surface area contributed by atoms with E-state index in [1.54, 1.807) is 6.26 Å². The number of benzene rings is 1. The maximum atomic E-state index is 11.4. The molecule has 0 saturated carbocycles. The quantitative estimate of drug-likeness (QED) is 0.816. The number of carbonyl (C=O) groups is 1. The van der Waals surface area contributed by atoms with Gasteiger partial charge in [0.15, 0.2) is 0 Å². The van der Waals surface area contributed by atoms with Gasteiger partial charge in [-0.15, -0.1) is 11.6 Å². The van der Waals surface area contributed by atoms with Gasteiger partial charge in [0.25, 0.3) is 0 Å². The van der Waals surface area contributed by atoms with Crippen LogP contribution in [0.25, 0.3) is 11.0 Å². The second-order valence-electron chi connectivity index (χ2n) is 4.15. The summed E-state index contributed by atoms with van der Waals surface area (Å²) in [5.74, 6) is 0.586. The minimum atomic E-state index is 0.0588. The minimum Gasteiger partial charge on any atom is -0.464 e. The van der Waals surface area contributed by atoms with Crippen LogP contribution in [0.2, 0.25) is 0 Å². The Morgan fingerprint density at radius 3 is 3.00 bits per heavy atom. The highest BCUT2D eigenvalue weighted by Crippen LogP contribution is 2.20. The zero-order valence-corrected chi connectivity index (χ0v) is 10.9. The van der Waals surface area contributed by atoms with Crippen LogP contribution in [-0.2, 0) is 11.2 Å². The molecule has 4 heteroatoms. The lowest BCUT2D eigenvalue weighted by molar-refractivity contribution is -0.121. The minimum absolute atomic E-state index is 0.0588. The van der Waals surface area contributed by atoms with Gasteiger partial charge < -0.3 is 9.73 Å². The van der Waals surface area contributed by atoms with E-state index in [-0.39, 0.29) is 5.91 Å². The summed E-state index contributed by atoms with van der Waals surface area (Å²) in [4.78, 5) is 11.4. The number of amides is 1. The molecule has 0 spiro atoms. The average Bonchev–Trinajstić information content (AvgIpc) is 2.80. The van der Waals surface area contributed by atoms with Crippen LogP contribution < -0.4 is 5.32 Å². The number of para-hydroxylation sites is 1. The van der Waals surface area contributed by atoms with Crippen LogP contribution in [0.5, 0.6) is 0 Å². The molecule has 0 aliphatic rings. The van der Waals surface area contributed by atoms with Crippen LogP contribution in [0.3, 0.4) is 0 Å². The fourth-order valence-electron chi connectivity index (χ4n) is 1.88. The van der Waals surface area contributed by atoms with E-state index in [1.165, 1.54) is 0 Å². The molecule has 1 N–H and O–H groups in total. The molecule has 2 rings (SSSR count). The number of alkyl halides is 1. The zero-order chi connectivity index (χ0) is 12.8. The van der Waals surface area contributed by atoms with Crippen molar-refractivity contribution in [2.24, 2.45) is 0 Å². The van der Waals surface area contributed by atoms with Crippen LogP contribution in [0.4, 0.5) is 0 Å². The van der Waals surface area contributed by atoms with Gasteiger partial charge in [-0.1, -0.05) is 18.2 Å². The van der Waals surface area contributed by atoms with Crippen LogP contribution in [0.15, 0.2) is 34.9 Å². The molecule has 3 nitrogen and oxygen atoms in total. The SMILES string of the molecule is O=C(CCCCl)NCCc1coc2ccccc12. The van der Waals surface area contributed by atoms with E-state index in [1.807, 2.05) is 24.3 Å². The number of furan rings is 1. The van der Waals surface area contributed by atoms with Gasteiger partial charge in [0.1, 0.15) is 5.58 Å². The Balaban J connectivity index is 1.85. The highest BCUT2D eigenvalue weighted by atomic mass is 35.5. The zero-order valence-electron chi connectivity index (χ0n) is 10.1. The molecule has 18 heavy (non-hydrogen) atoms. The summed E-state index contributed by atoms with van der Waals surface area (Å²) >= 11 is 5.53. The lowest BCUT2D eigenvalue weighted by atomic mass is 10.1. The second-order valence-corrected chi connectivity index (χ2v) is 4.53. The fourth-order valence-corrected chi connectivity index (χ4v) is 2.01. The summed E-state index contributed by atoms with van der Waals surface area (Å²) in [6.07, 6.45) is 3.76. The summed E-state index contributed by atoms with van der Waals surface area (Å²) in [7, 11) is 0.